The third-order valence-electron chi connectivity index (χ3n) is 2.82. The number of piperidine rings is 1. The summed E-state index contributed by atoms with van der Waals surface area (Å²) in [7, 11) is 0. The van der Waals surface area contributed by atoms with Gasteiger partial charge in [-0.2, -0.15) is 0 Å². The Morgan fingerprint density at radius 3 is 2.62 bits per heavy atom. The summed E-state index contributed by atoms with van der Waals surface area (Å²) in [5.74, 6) is -0.225. The number of aromatic carboxylic acids is 1. The van der Waals surface area contributed by atoms with Crippen molar-refractivity contribution in [3.63, 3.8) is 0 Å². The van der Waals surface area contributed by atoms with Crippen molar-refractivity contribution in [3.05, 3.63) is 17.6 Å². The van der Waals surface area contributed by atoms with Gasteiger partial charge in [-0.3, -0.25) is 0 Å². The number of carbonyl (C=O) groups is 1. The lowest BCUT2D eigenvalue weighted by Crippen LogP contribution is -2.30. The van der Waals surface area contributed by atoms with Crippen LogP contribution in [0.25, 0.3) is 0 Å². The lowest BCUT2D eigenvalue weighted by atomic mass is 10.1. The molecule has 0 atom stereocenters. The molecule has 1 aromatic heterocycles. The summed E-state index contributed by atoms with van der Waals surface area (Å²) in [6, 6.07) is 0. The first-order valence-corrected chi connectivity index (χ1v) is 5.50. The van der Waals surface area contributed by atoms with Gasteiger partial charge in [-0.05, 0) is 26.2 Å². The second-order valence-corrected chi connectivity index (χ2v) is 4.02. The van der Waals surface area contributed by atoms with Crippen molar-refractivity contribution >= 4 is 11.8 Å². The van der Waals surface area contributed by atoms with Crippen LogP contribution in [-0.2, 0) is 0 Å². The van der Waals surface area contributed by atoms with Gasteiger partial charge in [0.05, 0.1) is 11.9 Å². The van der Waals surface area contributed by atoms with Crippen LogP contribution in [0, 0.1) is 6.92 Å². The summed E-state index contributed by atoms with van der Waals surface area (Å²) in [4.78, 5) is 21.2. The molecule has 1 N–H and O–H groups in total. The Morgan fingerprint density at radius 1 is 1.38 bits per heavy atom. The first-order chi connectivity index (χ1) is 7.68. The molecule has 0 spiro atoms. The van der Waals surface area contributed by atoms with Crippen LogP contribution in [0.2, 0.25) is 0 Å². The molecule has 1 aromatic rings. The zero-order valence-corrected chi connectivity index (χ0v) is 9.31. The second-order valence-electron chi connectivity index (χ2n) is 4.02. The molecule has 0 unspecified atom stereocenters. The van der Waals surface area contributed by atoms with Crippen LogP contribution in [0.5, 0.6) is 0 Å². The molecule has 0 bridgehead atoms. The lowest BCUT2D eigenvalue weighted by Gasteiger charge is -2.27. The van der Waals surface area contributed by atoms with Crippen LogP contribution in [-0.4, -0.2) is 34.1 Å². The summed E-state index contributed by atoms with van der Waals surface area (Å²) in [5, 5.41) is 8.85. The van der Waals surface area contributed by atoms with Crippen LogP contribution in [0.4, 0.5) is 5.82 Å². The Kier molecular flexibility index (Phi) is 3.03. The van der Waals surface area contributed by atoms with Gasteiger partial charge < -0.3 is 10.0 Å². The maximum atomic E-state index is 10.8. The van der Waals surface area contributed by atoms with Crippen molar-refractivity contribution < 1.29 is 9.90 Å². The van der Waals surface area contributed by atoms with Gasteiger partial charge in [-0.25, -0.2) is 14.8 Å². The molecule has 1 aliphatic heterocycles. The van der Waals surface area contributed by atoms with Gasteiger partial charge in [0.15, 0.2) is 5.69 Å². The molecule has 5 nitrogen and oxygen atoms in total. The minimum Gasteiger partial charge on any atom is -0.476 e. The van der Waals surface area contributed by atoms with Crippen LogP contribution < -0.4 is 4.90 Å². The third-order valence-corrected chi connectivity index (χ3v) is 2.82. The SMILES string of the molecule is Cc1nc(N2CCCCC2)cnc1C(=O)O. The minimum atomic E-state index is -1.02. The van der Waals surface area contributed by atoms with Gasteiger partial charge in [-0.15, -0.1) is 0 Å². The van der Waals surface area contributed by atoms with Crippen molar-refractivity contribution in [3.8, 4) is 0 Å². The molecule has 0 amide bonds. The summed E-state index contributed by atoms with van der Waals surface area (Å²) in [6.07, 6.45) is 5.15. The van der Waals surface area contributed by atoms with Crippen molar-refractivity contribution in [2.45, 2.75) is 26.2 Å². The highest BCUT2D eigenvalue weighted by atomic mass is 16.4. The largest absolute Gasteiger partial charge is 0.476 e. The molecule has 16 heavy (non-hydrogen) atoms. The molecule has 0 aliphatic carbocycles. The first kappa shape index (κ1) is 10.9. The summed E-state index contributed by atoms with van der Waals surface area (Å²) < 4.78 is 0. The molecule has 2 rings (SSSR count). The Morgan fingerprint density at radius 2 is 2.06 bits per heavy atom. The lowest BCUT2D eigenvalue weighted by molar-refractivity contribution is 0.0689. The van der Waals surface area contributed by atoms with Crippen LogP contribution in [0.1, 0.15) is 35.4 Å². The normalized spacial score (nSPS) is 16.2. The van der Waals surface area contributed by atoms with Gasteiger partial charge in [0.1, 0.15) is 5.82 Å². The summed E-state index contributed by atoms with van der Waals surface area (Å²) in [6.45, 7) is 3.66. The van der Waals surface area contributed by atoms with E-state index in [-0.39, 0.29) is 5.69 Å². The number of anilines is 1. The number of carboxylic acid groups (broad SMARTS) is 1. The number of hydrogen-bond acceptors (Lipinski definition) is 4. The van der Waals surface area contributed by atoms with Gasteiger partial charge >= 0.3 is 5.97 Å². The third kappa shape index (κ3) is 2.13. The van der Waals surface area contributed by atoms with Gasteiger partial charge in [0.2, 0.25) is 0 Å². The highest BCUT2D eigenvalue weighted by Crippen LogP contribution is 2.17. The number of nitrogens with zero attached hydrogens (tertiary/aromatic N) is 3. The molecule has 1 fully saturated rings. The van der Waals surface area contributed by atoms with E-state index in [2.05, 4.69) is 14.9 Å². The van der Waals surface area contributed by atoms with E-state index in [1.165, 1.54) is 19.3 Å². The van der Waals surface area contributed by atoms with E-state index in [1.807, 2.05) is 0 Å². The van der Waals surface area contributed by atoms with Crippen LogP contribution in [0.15, 0.2) is 6.20 Å². The second kappa shape index (κ2) is 4.47. The minimum absolute atomic E-state index is 0.0424. The van der Waals surface area contributed by atoms with Crippen molar-refractivity contribution in [2.75, 3.05) is 18.0 Å². The molecule has 0 radical (unpaired) electrons. The van der Waals surface area contributed by atoms with E-state index in [1.54, 1.807) is 13.1 Å². The molecule has 0 saturated carbocycles. The monoisotopic (exact) mass is 221 g/mol. The molecule has 1 aliphatic rings. The predicted octanol–water partition coefficient (Wildman–Crippen LogP) is 1.47. The Bertz CT molecular complexity index is 400. The number of aryl methyl sites for hydroxylation is 1. The van der Waals surface area contributed by atoms with Crippen LogP contribution in [0.3, 0.4) is 0 Å². The quantitative estimate of drug-likeness (QED) is 0.819. The van der Waals surface area contributed by atoms with Gasteiger partial charge in [0.25, 0.3) is 0 Å². The van der Waals surface area contributed by atoms with Gasteiger partial charge in [-0.1, -0.05) is 0 Å². The zero-order valence-electron chi connectivity index (χ0n) is 9.31. The summed E-state index contributed by atoms with van der Waals surface area (Å²) in [5.41, 5.74) is 0.524. The fourth-order valence-electron chi connectivity index (χ4n) is 1.95. The number of hydrogen-bond donors (Lipinski definition) is 1. The highest BCUT2D eigenvalue weighted by molar-refractivity contribution is 5.86. The molecular formula is C11H15N3O2. The molecule has 1 saturated heterocycles. The maximum Gasteiger partial charge on any atom is 0.356 e. The Labute approximate surface area is 94.1 Å². The Hall–Kier alpha value is -1.65. The molecular weight excluding hydrogens is 206 g/mol. The van der Waals surface area contributed by atoms with E-state index < -0.39 is 5.97 Å². The fraction of sp³-hybridized carbons (Fsp3) is 0.545. The van der Waals surface area contributed by atoms with Crippen molar-refractivity contribution in [1.29, 1.82) is 0 Å². The smallest absolute Gasteiger partial charge is 0.356 e. The van der Waals surface area contributed by atoms with E-state index in [4.69, 9.17) is 5.11 Å². The van der Waals surface area contributed by atoms with Gasteiger partial charge in [0, 0.05) is 13.1 Å². The van der Waals surface area contributed by atoms with E-state index in [9.17, 15) is 4.79 Å². The predicted molar refractivity (Wildman–Crippen MR) is 59.8 cm³/mol. The topological polar surface area (TPSA) is 66.3 Å². The zero-order chi connectivity index (χ0) is 11.5. The van der Waals surface area contributed by atoms with Crippen LogP contribution >= 0.6 is 0 Å². The standard InChI is InChI=1S/C11H15N3O2/c1-8-10(11(15)16)12-7-9(13-8)14-5-3-2-4-6-14/h7H,2-6H2,1H3,(H,15,16). The molecule has 5 heteroatoms. The number of rotatable bonds is 2. The maximum absolute atomic E-state index is 10.8. The summed E-state index contributed by atoms with van der Waals surface area (Å²) >= 11 is 0. The number of aromatic nitrogens is 2. The molecule has 86 valence electrons. The van der Waals surface area contributed by atoms with E-state index >= 15 is 0 Å². The van der Waals surface area contributed by atoms with Crippen molar-refractivity contribution in [2.24, 2.45) is 0 Å². The first-order valence-electron chi connectivity index (χ1n) is 5.50. The van der Waals surface area contributed by atoms with E-state index in [0.29, 0.717) is 5.69 Å². The molecule has 0 aromatic carbocycles. The molecule has 2 heterocycles. The number of carboxylic acids is 1. The highest BCUT2D eigenvalue weighted by Gasteiger charge is 2.15. The van der Waals surface area contributed by atoms with E-state index in [0.717, 1.165) is 18.9 Å². The average Bonchev–Trinajstić information content (AvgIpc) is 2.29. The Balaban J connectivity index is 2.23. The van der Waals surface area contributed by atoms with Crippen molar-refractivity contribution in [1.82, 2.24) is 9.97 Å². The average molecular weight is 221 g/mol. The fourth-order valence-corrected chi connectivity index (χ4v) is 1.95.